The molecule has 1 heterocycles. The molecule has 0 bridgehead atoms. The molecule has 0 radical (unpaired) electrons. The number of carbonyl (C=O) groups is 3. The molecule has 37 heavy (non-hydrogen) atoms. The van der Waals surface area contributed by atoms with Crippen LogP contribution in [0.1, 0.15) is 78.1 Å². The lowest BCUT2D eigenvalue weighted by molar-refractivity contribution is -0.117. The molecule has 0 saturated heterocycles. The van der Waals surface area contributed by atoms with Crippen molar-refractivity contribution in [2.45, 2.75) is 64.5 Å². The zero-order valence-corrected chi connectivity index (χ0v) is 21.4. The molecule has 1 unspecified atom stereocenters. The van der Waals surface area contributed by atoms with Gasteiger partial charge in [-0.05, 0) is 37.5 Å². The third-order valence-electron chi connectivity index (χ3n) is 6.37. The number of benzene rings is 2. The van der Waals surface area contributed by atoms with Crippen LogP contribution < -0.4 is 0 Å². The number of fused-ring (bicyclic) bond motifs is 1. The number of unbranched alkanes of at least 4 members (excludes halogenated alkanes) is 4. The van der Waals surface area contributed by atoms with Crippen molar-refractivity contribution in [2.24, 2.45) is 0 Å². The zero-order chi connectivity index (χ0) is 26.6. The fourth-order valence-electron chi connectivity index (χ4n) is 4.33. The molecule has 3 rings (SSSR count). The quantitative estimate of drug-likeness (QED) is 0.229. The van der Waals surface area contributed by atoms with Crippen LogP contribution in [0.4, 0.5) is 0 Å². The third kappa shape index (κ3) is 8.58. The summed E-state index contributed by atoms with van der Waals surface area (Å²) in [6.45, 7) is 1.33. The molecular weight excluding hydrogens is 468 g/mol. The number of ketones is 2. The monoisotopic (exact) mass is 504 g/mol. The molecule has 0 aliphatic heterocycles. The third-order valence-corrected chi connectivity index (χ3v) is 6.37. The number of rotatable bonds is 15. The first-order chi connectivity index (χ1) is 17.9. The zero-order valence-electron chi connectivity index (χ0n) is 21.4. The van der Waals surface area contributed by atoms with Crippen LogP contribution in [0.25, 0.3) is 10.9 Å². The molecule has 0 saturated carbocycles. The van der Waals surface area contributed by atoms with Crippen LogP contribution in [-0.2, 0) is 11.3 Å². The van der Waals surface area contributed by atoms with Gasteiger partial charge in [-0.25, -0.2) is 0 Å². The summed E-state index contributed by atoms with van der Waals surface area (Å²) in [6.07, 6.45) is 6.41. The van der Waals surface area contributed by atoms with Gasteiger partial charge in [0.05, 0.1) is 23.8 Å². The topological polar surface area (TPSA) is 108 Å². The summed E-state index contributed by atoms with van der Waals surface area (Å²) in [5.74, 6) is 0.0160. The van der Waals surface area contributed by atoms with Crippen molar-refractivity contribution in [1.29, 1.82) is 0 Å². The van der Waals surface area contributed by atoms with E-state index in [0.717, 1.165) is 43.1 Å². The molecule has 2 N–H and O–H groups in total. The normalized spacial score (nSPS) is 11.9. The summed E-state index contributed by atoms with van der Waals surface area (Å²) in [5.41, 5.74) is 2.45. The highest BCUT2D eigenvalue weighted by atomic mass is 16.3. The lowest BCUT2D eigenvalue weighted by atomic mass is 10.0. The van der Waals surface area contributed by atoms with Gasteiger partial charge < -0.3 is 19.9 Å². The lowest BCUT2D eigenvalue weighted by Gasteiger charge is -2.25. The van der Waals surface area contributed by atoms with Crippen molar-refractivity contribution in [3.63, 3.8) is 0 Å². The second-order valence-electron chi connectivity index (χ2n) is 9.49. The van der Waals surface area contributed by atoms with E-state index < -0.39 is 12.7 Å². The minimum atomic E-state index is -1.07. The average Bonchev–Trinajstić information content (AvgIpc) is 2.91. The second kappa shape index (κ2) is 14.4. The maximum absolute atomic E-state index is 13.5. The van der Waals surface area contributed by atoms with E-state index in [4.69, 9.17) is 0 Å². The fourth-order valence-corrected chi connectivity index (χ4v) is 4.33. The Kier molecular flexibility index (Phi) is 10.9. The first-order valence-electron chi connectivity index (χ1n) is 12.9. The molecule has 7 heteroatoms. The van der Waals surface area contributed by atoms with Crippen LogP contribution in [0.15, 0.2) is 60.8 Å². The largest absolute Gasteiger partial charge is 0.394 e. The van der Waals surface area contributed by atoms with Gasteiger partial charge in [0, 0.05) is 43.1 Å². The van der Waals surface area contributed by atoms with Crippen molar-refractivity contribution in [2.75, 3.05) is 13.2 Å². The van der Waals surface area contributed by atoms with E-state index in [0.29, 0.717) is 29.5 Å². The molecule has 2 aromatic carbocycles. The highest BCUT2D eigenvalue weighted by molar-refractivity contribution is 6.05. The van der Waals surface area contributed by atoms with Gasteiger partial charge in [-0.1, -0.05) is 61.7 Å². The van der Waals surface area contributed by atoms with Gasteiger partial charge in [0.1, 0.15) is 5.78 Å². The van der Waals surface area contributed by atoms with E-state index in [-0.39, 0.29) is 30.6 Å². The summed E-state index contributed by atoms with van der Waals surface area (Å²) in [7, 11) is 0. The summed E-state index contributed by atoms with van der Waals surface area (Å²) in [6, 6.07) is 16.3. The van der Waals surface area contributed by atoms with Gasteiger partial charge in [0.2, 0.25) is 0 Å². The maximum Gasteiger partial charge on any atom is 0.256 e. The van der Waals surface area contributed by atoms with E-state index in [2.05, 4.69) is 4.98 Å². The molecular formula is C30H36N2O5. The first kappa shape index (κ1) is 28.2. The van der Waals surface area contributed by atoms with Crippen LogP contribution in [0, 0.1) is 0 Å². The number of para-hydroxylation sites is 1. The maximum atomic E-state index is 13.5. The summed E-state index contributed by atoms with van der Waals surface area (Å²) < 4.78 is 0. The number of amides is 1. The van der Waals surface area contributed by atoms with Gasteiger partial charge in [-0.2, -0.15) is 0 Å². The minimum absolute atomic E-state index is 0.0361. The molecule has 1 atom stereocenters. The number of Topliss-reactive ketones (excluding diaryl/α,β-unsaturated/α-hetero) is 2. The number of aliphatic hydroxyl groups excluding tert-OH is 2. The van der Waals surface area contributed by atoms with Crippen molar-refractivity contribution in [3.05, 3.63) is 77.5 Å². The molecule has 3 aromatic rings. The van der Waals surface area contributed by atoms with Crippen LogP contribution in [0.3, 0.4) is 0 Å². The number of pyridine rings is 1. The van der Waals surface area contributed by atoms with Crippen LogP contribution in [0.5, 0.6) is 0 Å². The fraction of sp³-hybridized carbons (Fsp3) is 0.400. The van der Waals surface area contributed by atoms with Crippen molar-refractivity contribution in [1.82, 2.24) is 9.88 Å². The smallest absolute Gasteiger partial charge is 0.256 e. The Balaban J connectivity index is 1.61. The molecule has 196 valence electrons. The number of carbonyl (C=O) groups excluding carboxylic acids is 3. The Labute approximate surface area is 218 Å². The van der Waals surface area contributed by atoms with E-state index in [9.17, 15) is 24.6 Å². The number of nitrogens with zero attached hydrogens (tertiary/aromatic N) is 2. The summed E-state index contributed by atoms with van der Waals surface area (Å²) in [4.78, 5) is 42.9. The summed E-state index contributed by atoms with van der Waals surface area (Å²) >= 11 is 0. The number of hydrogen-bond donors (Lipinski definition) is 2. The molecule has 0 aliphatic carbocycles. The molecule has 0 aliphatic rings. The van der Waals surface area contributed by atoms with E-state index in [1.807, 2.05) is 30.3 Å². The average molecular weight is 505 g/mol. The Morgan fingerprint density at radius 1 is 0.892 bits per heavy atom. The predicted molar refractivity (Wildman–Crippen MR) is 143 cm³/mol. The van der Waals surface area contributed by atoms with Gasteiger partial charge >= 0.3 is 0 Å². The highest BCUT2D eigenvalue weighted by Gasteiger charge is 2.22. The van der Waals surface area contributed by atoms with Crippen molar-refractivity contribution >= 4 is 28.4 Å². The molecule has 1 aromatic heterocycles. The predicted octanol–water partition coefficient (Wildman–Crippen LogP) is 4.73. The van der Waals surface area contributed by atoms with Crippen molar-refractivity contribution in [3.8, 4) is 0 Å². The Bertz CT molecular complexity index is 1190. The lowest BCUT2D eigenvalue weighted by Crippen LogP contribution is -2.38. The van der Waals surface area contributed by atoms with E-state index in [1.54, 1.807) is 37.4 Å². The number of aliphatic hydroxyl groups is 2. The first-order valence-corrected chi connectivity index (χ1v) is 12.9. The van der Waals surface area contributed by atoms with E-state index in [1.165, 1.54) is 4.90 Å². The number of hydrogen-bond acceptors (Lipinski definition) is 6. The highest BCUT2D eigenvalue weighted by Crippen LogP contribution is 2.20. The molecule has 7 nitrogen and oxygen atoms in total. The minimum Gasteiger partial charge on any atom is -0.394 e. The van der Waals surface area contributed by atoms with E-state index >= 15 is 0 Å². The number of aromatic nitrogens is 1. The van der Waals surface area contributed by atoms with Crippen LogP contribution in [0.2, 0.25) is 0 Å². The molecule has 0 fully saturated rings. The molecule has 1 amide bonds. The standard InChI is InChI=1S/C30H36N2O5/c1-22(34)9-5-3-2-4-6-13-28(36)24-16-14-23(15-17-24)19-32(20-26(35)21-33)30(37)27-12-7-10-25-11-8-18-31-29(25)27/h7-8,10-12,14-18,26,33,35H,2-6,9,13,19-21H2,1H3. The van der Waals surface area contributed by atoms with Gasteiger partial charge in [-0.3, -0.25) is 14.6 Å². The Morgan fingerprint density at radius 3 is 2.27 bits per heavy atom. The van der Waals surface area contributed by atoms with Gasteiger partial charge in [-0.15, -0.1) is 0 Å². The Hall–Kier alpha value is -3.42. The summed E-state index contributed by atoms with van der Waals surface area (Å²) in [5, 5.41) is 20.3. The molecule has 0 spiro atoms. The Morgan fingerprint density at radius 2 is 1.57 bits per heavy atom. The van der Waals surface area contributed by atoms with Crippen LogP contribution >= 0.6 is 0 Å². The van der Waals surface area contributed by atoms with Gasteiger partial charge in [0.25, 0.3) is 5.91 Å². The SMILES string of the molecule is CC(=O)CCCCCCCC(=O)c1ccc(CN(CC(O)CO)C(=O)c2cccc3cccnc23)cc1. The van der Waals surface area contributed by atoms with Crippen LogP contribution in [-0.4, -0.2) is 56.8 Å². The second-order valence-corrected chi connectivity index (χ2v) is 9.49. The van der Waals surface area contributed by atoms with Gasteiger partial charge in [0.15, 0.2) is 5.78 Å². The van der Waals surface area contributed by atoms with Crippen molar-refractivity contribution < 1.29 is 24.6 Å².